The van der Waals surface area contributed by atoms with Crippen molar-refractivity contribution >= 4 is 0 Å². The van der Waals surface area contributed by atoms with Gasteiger partial charge in [-0.05, 0) is 24.3 Å². The summed E-state index contributed by atoms with van der Waals surface area (Å²) >= 11 is 0. The molecule has 0 aliphatic heterocycles. The highest BCUT2D eigenvalue weighted by molar-refractivity contribution is 5.45. The molecule has 2 aliphatic carbocycles. The Bertz CT molecular complexity index is 648. The van der Waals surface area contributed by atoms with Crippen molar-refractivity contribution in [2.75, 3.05) is 0 Å². The maximum absolute atomic E-state index is 9.16. The van der Waals surface area contributed by atoms with E-state index in [9.17, 15) is 0 Å². The molecule has 0 spiro atoms. The van der Waals surface area contributed by atoms with E-state index in [1.807, 2.05) is 18.2 Å². The predicted octanol–water partition coefficient (Wildman–Crippen LogP) is 2.46. The van der Waals surface area contributed by atoms with Crippen molar-refractivity contribution in [3.63, 3.8) is 0 Å². The Morgan fingerprint density at radius 3 is 2.94 bits per heavy atom. The lowest BCUT2D eigenvalue weighted by atomic mass is 10.1. The summed E-state index contributed by atoms with van der Waals surface area (Å²) in [4.78, 5) is 0. The van der Waals surface area contributed by atoms with Gasteiger partial charge in [-0.1, -0.05) is 30.3 Å². The molecule has 2 atom stereocenters. The number of aromatic nitrogens is 2. The van der Waals surface area contributed by atoms with Crippen LogP contribution in [0.2, 0.25) is 0 Å². The van der Waals surface area contributed by atoms with Gasteiger partial charge in [-0.15, -0.1) is 0 Å². The zero-order valence-electron chi connectivity index (χ0n) is 10.0. The van der Waals surface area contributed by atoms with Crippen LogP contribution in [-0.2, 0) is 13.0 Å². The van der Waals surface area contributed by atoms with E-state index in [0.29, 0.717) is 11.6 Å². The maximum Gasteiger partial charge on any atom is 0.165 e. The first kappa shape index (κ1) is 9.90. The molecular formula is C15H13N3. The van der Waals surface area contributed by atoms with Gasteiger partial charge < -0.3 is 0 Å². The lowest BCUT2D eigenvalue weighted by Gasteiger charge is -2.06. The van der Waals surface area contributed by atoms with Gasteiger partial charge in [0.1, 0.15) is 6.07 Å². The van der Waals surface area contributed by atoms with Gasteiger partial charge in [0.05, 0.1) is 6.54 Å². The molecule has 1 heterocycles. The lowest BCUT2D eigenvalue weighted by Crippen LogP contribution is -2.05. The molecule has 1 fully saturated rings. The first-order chi connectivity index (χ1) is 8.86. The minimum absolute atomic E-state index is 0.646. The Morgan fingerprint density at radius 2 is 2.17 bits per heavy atom. The third-order valence-corrected chi connectivity index (χ3v) is 4.12. The fourth-order valence-corrected chi connectivity index (χ4v) is 3.17. The van der Waals surface area contributed by atoms with Gasteiger partial charge in [-0.3, -0.25) is 4.68 Å². The highest BCUT2D eigenvalue weighted by Gasteiger charge is 2.49. The summed E-state index contributed by atoms with van der Waals surface area (Å²) in [5, 5.41) is 13.6. The molecule has 0 bridgehead atoms. The van der Waals surface area contributed by atoms with Crippen molar-refractivity contribution in [3.05, 3.63) is 52.8 Å². The van der Waals surface area contributed by atoms with Crippen LogP contribution in [-0.4, -0.2) is 9.78 Å². The van der Waals surface area contributed by atoms with Crippen LogP contribution in [0.3, 0.4) is 0 Å². The number of benzene rings is 1. The minimum atomic E-state index is 0.646. The first-order valence-corrected chi connectivity index (χ1v) is 6.40. The predicted molar refractivity (Wildman–Crippen MR) is 67.0 cm³/mol. The van der Waals surface area contributed by atoms with Crippen LogP contribution in [0.1, 0.15) is 34.9 Å². The third kappa shape index (κ3) is 1.32. The van der Waals surface area contributed by atoms with Crippen molar-refractivity contribution in [1.29, 1.82) is 5.26 Å². The largest absolute Gasteiger partial charge is 0.263 e. The van der Waals surface area contributed by atoms with E-state index in [4.69, 9.17) is 5.26 Å². The van der Waals surface area contributed by atoms with Crippen LogP contribution >= 0.6 is 0 Å². The topological polar surface area (TPSA) is 41.6 Å². The summed E-state index contributed by atoms with van der Waals surface area (Å²) < 4.78 is 2.06. The van der Waals surface area contributed by atoms with Crippen molar-refractivity contribution in [1.82, 2.24) is 9.78 Å². The molecule has 1 saturated carbocycles. The minimum Gasteiger partial charge on any atom is -0.263 e. The zero-order chi connectivity index (χ0) is 12.1. The van der Waals surface area contributed by atoms with Crippen LogP contribution in [0.25, 0.3) is 0 Å². The van der Waals surface area contributed by atoms with Gasteiger partial charge in [0.2, 0.25) is 0 Å². The Balaban J connectivity index is 1.76. The lowest BCUT2D eigenvalue weighted by molar-refractivity contribution is 0.642. The molecule has 0 amide bonds. The fraction of sp³-hybridized carbons (Fsp3) is 0.333. The summed E-state index contributed by atoms with van der Waals surface area (Å²) in [6, 6.07) is 12.6. The van der Waals surface area contributed by atoms with E-state index >= 15 is 0 Å². The smallest absolute Gasteiger partial charge is 0.165 e. The number of hydrogen-bond acceptors (Lipinski definition) is 2. The highest BCUT2D eigenvalue weighted by Crippen LogP contribution is 2.56. The van der Waals surface area contributed by atoms with Crippen molar-refractivity contribution in [3.8, 4) is 6.07 Å². The van der Waals surface area contributed by atoms with Gasteiger partial charge in [0.15, 0.2) is 5.69 Å². The molecule has 0 N–H and O–H groups in total. The van der Waals surface area contributed by atoms with Gasteiger partial charge >= 0.3 is 0 Å². The summed E-state index contributed by atoms with van der Waals surface area (Å²) in [6.07, 6.45) is 2.36. The first-order valence-electron chi connectivity index (χ1n) is 6.40. The van der Waals surface area contributed by atoms with E-state index in [1.54, 1.807) is 0 Å². The molecule has 2 aromatic rings. The molecule has 1 aromatic carbocycles. The molecule has 4 rings (SSSR count). The van der Waals surface area contributed by atoms with E-state index < -0.39 is 0 Å². The molecular weight excluding hydrogens is 222 g/mol. The number of nitrogens with zero attached hydrogens (tertiary/aromatic N) is 3. The van der Waals surface area contributed by atoms with Crippen LogP contribution in [0.4, 0.5) is 0 Å². The van der Waals surface area contributed by atoms with E-state index in [1.165, 1.54) is 23.2 Å². The second-order valence-corrected chi connectivity index (χ2v) is 5.27. The van der Waals surface area contributed by atoms with Crippen LogP contribution in [0.15, 0.2) is 30.3 Å². The molecule has 2 unspecified atom stereocenters. The highest BCUT2D eigenvalue weighted by atomic mass is 15.3. The maximum atomic E-state index is 9.16. The third-order valence-electron chi connectivity index (χ3n) is 4.12. The Kier molecular flexibility index (Phi) is 1.90. The summed E-state index contributed by atoms with van der Waals surface area (Å²) in [5.41, 5.74) is 4.44. The monoisotopic (exact) mass is 235 g/mol. The quantitative estimate of drug-likeness (QED) is 0.802. The van der Waals surface area contributed by atoms with E-state index in [0.717, 1.165) is 18.9 Å². The van der Waals surface area contributed by atoms with Crippen molar-refractivity contribution < 1.29 is 0 Å². The number of rotatable bonds is 2. The second-order valence-electron chi connectivity index (χ2n) is 5.27. The normalized spacial score (nSPS) is 23.3. The Hall–Kier alpha value is -2.08. The molecule has 18 heavy (non-hydrogen) atoms. The standard InChI is InChI=1S/C15H13N3/c16-8-14-13-7-11-6-12(11)15(13)18(17-14)9-10-4-2-1-3-5-10/h1-5,11-12H,6-7,9H2. The fourth-order valence-electron chi connectivity index (χ4n) is 3.17. The average Bonchev–Trinajstić information content (AvgIpc) is 2.93. The van der Waals surface area contributed by atoms with E-state index in [-0.39, 0.29) is 0 Å². The van der Waals surface area contributed by atoms with Crippen LogP contribution in [0, 0.1) is 17.2 Å². The van der Waals surface area contributed by atoms with E-state index in [2.05, 4.69) is 28.0 Å². The summed E-state index contributed by atoms with van der Waals surface area (Å²) in [7, 11) is 0. The van der Waals surface area contributed by atoms with Crippen molar-refractivity contribution in [2.24, 2.45) is 5.92 Å². The number of nitriles is 1. The Morgan fingerprint density at radius 1 is 1.33 bits per heavy atom. The van der Waals surface area contributed by atoms with Gasteiger partial charge in [0.25, 0.3) is 0 Å². The number of hydrogen-bond donors (Lipinski definition) is 0. The van der Waals surface area contributed by atoms with Gasteiger partial charge in [0, 0.05) is 17.2 Å². The SMILES string of the molecule is N#Cc1nn(Cc2ccccc2)c2c1CC1CC21. The zero-order valence-corrected chi connectivity index (χ0v) is 10.0. The molecule has 3 heteroatoms. The molecule has 0 saturated heterocycles. The molecule has 2 aliphatic rings. The summed E-state index contributed by atoms with van der Waals surface area (Å²) in [5.74, 6) is 1.48. The second kappa shape index (κ2) is 3.46. The van der Waals surface area contributed by atoms with Crippen molar-refractivity contribution in [2.45, 2.75) is 25.3 Å². The van der Waals surface area contributed by atoms with Crippen LogP contribution in [0.5, 0.6) is 0 Å². The molecule has 1 aromatic heterocycles. The van der Waals surface area contributed by atoms with Gasteiger partial charge in [-0.25, -0.2) is 0 Å². The van der Waals surface area contributed by atoms with Gasteiger partial charge in [-0.2, -0.15) is 10.4 Å². The number of fused-ring (bicyclic) bond motifs is 3. The molecule has 3 nitrogen and oxygen atoms in total. The average molecular weight is 235 g/mol. The van der Waals surface area contributed by atoms with Crippen LogP contribution < -0.4 is 0 Å². The Labute approximate surface area is 106 Å². The molecule has 0 radical (unpaired) electrons. The summed E-state index contributed by atoms with van der Waals surface area (Å²) in [6.45, 7) is 0.786. The molecule has 88 valence electrons.